The number of ether oxygens (including phenoxy) is 1. The Balaban J connectivity index is 1.21. The maximum atomic E-state index is 12.8. The molecule has 0 spiro atoms. The lowest BCUT2D eigenvalue weighted by atomic mass is 10.1. The molecule has 9 nitrogen and oxygen atoms in total. The zero-order chi connectivity index (χ0) is 24.0. The Morgan fingerprint density at radius 1 is 1.00 bits per heavy atom. The number of nitrogens with one attached hydrogen (secondary N) is 2. The number of amides is 1. The number of para-hydroxylation sites is 1. The fourth-order valence-corrected chi connectivity index (χ4v) is 4.18. The zero-order valence-electron chi connectivity index (χ0n) is 19.5. The van der Waals surface area contributed by atoms with Crippen LogP contribution < -0.4 is 15.0 Å². The highest BCUT2D eigenvalue weighted by Crippen LogP contribution is 2.28. The van der Waals surface area contributed by atoms with E-state index in [0.717, 1.165) is 44.1 Å². The second-order valence-electron chi connectivity index (χ2n) is 8.33. The quantitative estimate of drug-likeness (QED) is 0.428. The minimum atomic E-state index is -0.323. The molecule has 2 N–H and O–H groups in total. The van der Waals surface area contributed by atoms with Crippen LogP contribution in [0.4, 0.5) is 11.6 Å². The molecular formula is C26H27N7O2. The number of rotatable bonds is 7. The molecule has 0 unspecified atom stereocenters. The molecule has 0 aliphatic carbocycles. The van der Waals surface area contributed by atoms with E-state index in [9.17, 15) is 4.79 Å². The van der Waals surface area contributed by atoms with E-state index < -0.39 is 0 Å². The van der Waals surface area contributed by atoms with Gasteiger partial charge in [0.25, 0.3) is 5.91 Å². The maximum absolute atomic E-state index is 12.8. The van der Waals surface area contributed by atoms with Crippen molar-refractivity contribution in [2.45, 2.75) is 6.54 Å². The molecule has 9 heteroatoms. The molecule has 178 valence electrons. The van der Waals surface area contributed by atoms with Crippen LogP contribution in [0.3, 0.4) is 0 Å². The first-order valence-corrected chi connectivity index (χ1v) is 11.5. The van der Waals surface area contributed by atoms with Gasteiger partial charge < -0.3 is 15.0 Å². The minimum absolute atomic E-state index is 0.323. The van der Waals surface area contributed by atoms with E-state index in [1.165, 1.54) is 11.9 Å². The highest BCUT2D eigenvalue weighted by molar-refractivity contribution is 6.03. The number of carbonyl (C=O) groups is 1. The Kier molecular flexibility index (Phi) is 6.67. The van der Waals surface area contributed by atoms with Gasteiger partial charge in [0.1, 0.15) is 29.4 Å². The fraction of sp³-hybridized carbons (Fsp3) is 0.231. The molecule has 0 radical (unpaired) electrons. The summed E-state index contributed by atoms with van der Waals surface area (Å²) < 4.78 is 5.39. The van der Waals surface area contributed by atoms with E-state index in [0.29, 0.717) is 23.0 Å². The lowest BCUT2D eigenvalue weighted by molar-refractivity contribution is 0.102. The standard InChI is InChI=1S/C26H27N7O2/c1-35-23-10-6-5-9-20(23)21-15-22(31-30-21)26(34)29-24-16-25(28-18-27-24)33-13-11-32(12-14-33)17-19-7-3-2-4-8-19/h2-10,15-16,18H,11-14,17H2,1H3,(H,30,31)(H,27,28,29,34). The number of methoxy groups -OCH3 is 1. The molecular weight excluding hydrogens is 442 g/mol. The van der Waals surface area contributed by atoms with Crippen LogP contribution in [-0.2, 0) is 6.54 Å². The van der Waals surface area contributed by atoms with Gasteiger partial charge in [-0.3, -0.25) is 14.8 Å². The average Bonchev–Trinajstić information content (AvgIpc) is 3.40. The van der Waals surface area contributed by atoms with Gasteiger partial charge in [0, 0.05) is 44.4 Å². The summed E-state index contributed by atoms with van der Waals surface area (Å²) in [5, 5.41) is 9.92. The number of carbonyl (C=O) groups excluding carboxylic acids is 1. The van der Waals surface area contributed by atoms with Crippen LogP contribution >= 0.6 is 0 Å². The smallest absolute Gasteiger partial charge is 0.274 e. The van der Waals surface area contributed by atoms with Crippen molar-refractivity contribution in [2.75, 3.05) is 43.5 Å². The minimum Gasteiger partial charge on any atom is -0.496 e. The van der Waals surface area contributed by atoms with Crippen LogP contribution in [0.2, 0.25) is 0 Å². The normalized spacial score (nSPS) is 14.0. The van der Waals surface area contributed by atoms with Crippen LogP contribution in [0.15, 0.2) is 73.1 Å². The molecule has 1 amide bonds. The number of aromatic amines is 1. The van der Waals surface area contributed by atoms with Gasteiger partial charge in [0.15, 0.2) is 0 Å². The van der Waals surface area contributed by atoms with Gasteiger partial charge in [0.2, 0.25) is 0 Å². The van der Waals surface area contributed by atoms with Gasteiger partial charge in [-0.2, -0.15) is 5.10 Å². The summed E-state index contributed by atoms with van der Waals surface area (Å²) in [6, 6.07) is 21.5. The van der Waals surface area contributed by atoms with E-state index in [1.807, 2.05) is 36.4 Å². The monoisotopic (exact) mass is 469 g/mol. The number of nitrogens with zero attached hydrogens (tertiary/aromatic N) is 5. The van der Waals surface area contributed by atoms with Crippen molar-refractivity contribution in [1.82, 2.24) is 25.1 Å². The largest absolute Gasteiger partial charge is 0.496 e. The summed E-state index contributed by atoms with van der Waals surface area (Å²) in [5.41, 5.74) is 3.09. The van der Waals surface area contributed by atoms with E-state index >= 15 is 0 Å². The maximum Gasteiger partial charge on any atom is 0.274 e. The van der Waals surface area contributed by atoms with E-state index in [4.69, 9.17) is 4.74 Å². The van der Waals surface area contributed by atoms with Crippen molar-refractivity contribution in [3.05, 3.63) is 84.3 Å². The molecule has 2 aromatic carbocycles. The van der Waals surface area contributed by atoms with Crippen LogP contribution in [0.5, 0.6) is 5.75 Å². The Bertz CT molecular complexity index is 1280. The van der Waals surface area contributed by atoms with E-state index in [1.54, 1.807) is 13.2 Å². The Labute approximate surface area is 203 Å². The summed E-state index contributed by atoms with van der Waals surface area (Å²) in [5.74, 6) is 1.61. The zero-order valence-corrected chi connectivity index (χ0v) is 19.5. The van der Waals surface area contributed by atoms with Crippen molar-refractivity contribution >= 4 is 17.5 Å². The summed E-state index contributed by atoms with van der Waals surface area (Å²) in [7, 11) is 1.61. The predicted molar refractivity (Wildman–Crippen MR) is 134 cm³/mol. The number of hydrogen-bond donors (Lipinski definition) is 2. The third-order valence-corrected chi connectivity index (χ3v) is 6.04. The van der Waals surface area contributed by atoms with Crippen molar-refractivity contribution in [1.29, 1.82) is 0 Å². The third kappa shape index (κ3) is 5.30. The van der Waals surface area contributed by atoms with Gasteiger partial charge in [-0.1, -0.05) is 42.5 Å². The molecule has 1 aliphatic rings. The van der Waals surface area contributed by atoms with Crippen molar-refractivity contribution in [3.63, 3.8) is 0 Å². The lowest BCUT2D eigenvalue weighted by Gasteiger charge is -2.35. The summed E-state index contributed by atoms with van der Waals surface area (Å²) >= 11 is 0. The molecule has 1 aliphatic heterocycles. The van der Waals surface area contributed by atoms with Crippen LogP contribution in [0.25, 0.3) is 11.3 Å². The summed E-state index contributed by atoms with van der Waals surface area (Å²) in [6.07, 6.45) is 1.48. The first kappa shape index (κ1) is 22.5. The van der Waals surface area contributed by atoms with Crippen molar-refractivity contribution < 1.29 is 9.53 Å². The van der Waals surface area contributed by atoms with Gasteiger partial charge in [-0.05, 0) is 23.8 Å². The molecule has 0 atom stereocenters. The predicted octanol–water partition coefficient (Wildman–Crippen LogP) is 3.45. The molecule has 35 heavy (non-hydrogen) atoms. The molecule has 5 rings (SSSR count). The molecule has 4 aromatic rings. The first-order valence-electron chi connectivity index (χ1n) is 11.5. The molecule has 1 fully saturated rings. The number of H-pyrrole nitrogens is 1. The van der Waals surface area contributed by atoms with Gasteiger partial charge in [0.05, 0.1) is 12.8 Å². The first-order chi connectivity index (χ1) is 17.2. The summed E-state index contributed by atoms with van der Waals surface area (Å²) in [6.45, 7) is 4.56. The number of anilines is 2. The molecule has 3 heterocycles. The van der Waals surface area contributed by atoms with Gasteiger partial charge in [-0.15, -0.1) is 0 Å². The SMILES string of the molecule is COc1ccccc1-c1cc(C(=O)Nc2cc(N3CCN(Cc4ccccc4)CC3)ncn2)[nH]n1. The Morgan fingerprint density at radius 3 is 2.57 bits per heavy atom. The van der Waals surface area contributed by atoms with Gasteiger partial charge >= 0.3 is 0 Å². The fourth-order valence-electron chi connectivity index (χ4n) is 4.18. The summed E-state index contributed by atoms with van der Waals surface area (Å²) in [4.78, 5) is 26.1. The Hall–Kier alpha value is -4.24. The number of piperazine rings is 1. The highest BCUT2D eigenvalue weighted by atomic mass is 16.5. The Morgan fingerprint density at radius 2 is 1.77 bits per heavy atom. The van der Waals surface area contributed by atoms with Crippen molar-refractivity contribution in [2.24, 2.45) is 0 Å². The highest BCUT2D eigenvalue weighted by Gasteiger charge is 2.19. The second-order valence-corrected chi connectivity index (χ2v) is 8.33. The second kappa shape index (κ2) is 10.4. The number of benzene rings is 2. The number of hydrogen-bond acceptors (Lipinski definition) is 7. The molecule has 0 bridgehead atoms. The van der Waals surface area contributed by atoms with E-state index in [-0.39, 0.29) is 5.91 Å². The van der Waals surface area contributed by atoms with E-state index in [2.05, 4.69) is 59.5 Å². The van der Waals surface area contributed by atoms with Crippen molar-refractivity contribution in [3.8, 4) is 17.0 Å². The van der Waals surface area contributed by atoms with Crippen LogP contribution in [0.1, 0.15) is 16.1 Å². The molecule has 2 aromatic heterocycles. The average molecular weight is 470 g/mol. The topological polar surface area (TPSA) is 99.3 Å². The van der Waals surface area contributed by atoms with Crippen LogP contribution in [0, 0.1) is 0 Å². The third-order valence-electron chi connectivity index (χ3n) is 6.04. The molecule has 1 saturated heterocycles. The van der Waals surface area contributed by atoms with Gasteiger partial charge in [-0.25, -0.2) is 9.97 Å². The van der Waals surface area contributed by atoms with Crippen LogP contribution in [-0.4, -0.2) is 64.3 Å². The lowest BCUT2D eigenvalue weighted by Crippen LogP contribution is -2.46. The number of aromatic nitrogens is 4. The molecule has 0 saturated carbocycles.